The third-order valence-electron chi connectivity index (χ3n) is 12.6. The molecule has 0 atom stereocenters. The Kier molecular flexibility index (Phi) is 6.23. The molecule has 1 aromatic heterocycles. The fourth-order valence-electron chi connectivity index (χ4n) is 9.97. The molecule has 57 heavy (non-hydrogen) atoms. The quantitative estimate of drug-likeness (QED) is 0.165. The Labute approximate surface area is 328 Å². The minimum absolute atomic E-state index is 0.901. The minimum atomic E-state index is 0.901. The number of benzene rings is 12. The predicted molar refractivity (Wildman–Crippen MR) is 243 cm³/mol. The Morgan fingerprint density at radius 1 is 0.228 bits per heavy atom. The lowest BCUT2D eigenvalue weighted by Gasteiger charge is -2.22. The molecular formula is C56H32O. The van der Waals surface area contributed by atoms with Gasteiger partial charge in [-0.2, -0.15) is 0 Å². The van der Waals surface area contributed by atoms with Crippen molar-refractivity contribution in [3.8, 4) is 44.5 Å². The van der Waals surface area contributed by atoms with Crippen LogP contribution in [0.2, 0.25) is 0 Å². The highest BCUT2D eigenvalue weighted by Gasteiger charge is 2.22. The van der Waals surface area contributed by atoms with Crippen molar-refractivity contribution in [2.75, 3.05) is 0 Å². The van der Waals surface area contributed by atoms with E-state index in [0.717, 1.165) is 27.5 Å². The molecule has 0 N–H and O–H groups in total. The van der Waals surface area contributed by atoms with Gasteiger partial charge in [0.1, 0.15) is 11.2 Å². The van der Waals surface area contributed by atoms with Crippen molar-refractivity contribution in [1.82, 2.24) is 0 Å². The largest absolute Gasteiger partial charge is 0.456 e. The van der Waals surface area contributed by atoms with Crippen molar-refractivity contribution in [3.05, 3.63) is 194 Å². The van der Waals surface area contributed by atoms with E-state index in [0.29, 0.717) is 0 Å². The van der Waals surface area contributed by atoms with Gasteiger partial charge < -0.3 is 4.42 Å². The lowest BCUT2D eigenvalue weighted by atomic mass is 9.81. The fraction of sp³-hybridized carbons (Fsp3) is 0. The maximum Gasteiger partial charge on any atom is 0.135 e. The number of fused-ring (bicyclic) bond motifs is 3. The predicted octanol–water partition coefficient (Wildman–Crippen LogP) is 16.0. The highest BCUT2D eigenvalue weighted by molar-refractivity contribution is 6.28. The Morgan fingerprint density at radius 3 is 1.32 bits per heavy atom. The van der Waals surface area contributed by atoms with Gasteiger partial charge in [0.05, 0.1) is 0 Å². The zero-order valence-corrected chi connectivity index (χ0v) is 30.9. The van der Waals surface area contributed by atoms with Gasteiger partial charge in [-0.25, -0.2) is 0 Å². The minimum Gasteiger partial charge on any atom is -0.456 e. The van der Waals surface area contributed by atoms with Crippen LogP contribution in [0.4, 0.5) is 0 Å². The molecule has 0 aliphatic carbocycles. The first kappa shape index (κ1) is 30.8. The molecule has 0 radical (unpaired) electrons. The van der Waals surface area contributed by atoms with Crippen LogP contribution in [0.5, 0.6) is 0 Å². The first-order valence-corrected chi connectivity index (χ1v) is 19.7. The summed E-state index contributed by atoms with van der Waals surface area (Å²) in [5.74, 6) is 0. The van der Waals surface area contributed by atoms with E-state index in [2.05, 4.69) is 188 Å². The van der Waals surface area contributed by atoms with Gasteiger partial charge in [0.15, 0.2) is 0 Å². The van der Waals surface area contributed by atoms with E-state index in [4.69, 9.17) is 4.42 Å². The van der Waals surface area contributed by atoms with Gasteiger partial charge in [-0.15, -0.1) is 0 Å². The molecule has 0 amide bonds. The molecule has 0 aliphatic heterocycles. The highest BCUT2D eigenvalue weighted by Crippen LogP contribution is 2.49. The Hall–Kier alpha value is -7.48. The molecule has 0 bridgehead atoms. The monoisotopic (exact) mass is 720 g/mol. The molecule has 0 aliphatic rings. The zero-order chi connectivity index (χ0) is 37.2. The average Bonchev–Trinajstić information content (AvgIpc) is 3.65. The Bertz CT molecular complexity index is 3700. The summed E-state index contributed by atoms with van der Waals surface area (Å²) in [5.41, 5.74) is 11.5. The van der Waals surface area contributed by atoms with Crippen LogP contribution in [0, 0.1) is 0 Å². The van der Waals surface area contributed by atoms with Gasteiger partial charge in [0.25, 0.3) is 0 Å². The lowest BCUT2D eigenvalue weighted by molar-refractivity contribution is 0.669. The first-order chi connectivity index (χ1) is 28.2. The van der Waals surface area contributed by atoms with Crippen LogP contribution in [0.3, 0.4) is 0 Å². The molecule has 262 valence electrons. The van der Waals surface area contributed by atoms with Gasteiger partial charge >= 0.3 is 0 Å². The van der Waals surface area contributed by atoms with E-state index >= 15 is 0 Å². The van der Waals surface area contributed by atoms with Crippen molar-refractivity contribution in [2.45, 2.75) is 0 Å². The molecule has 0 spiro atoms. The number of hydrogen-bond donors (Lipinski definition) is 0. The van der Waals surface area contributed by atoms with Crippen LogP contribution >= 0.6 is 0 Å². The molecule has 12 aromatic carbocycles. The number of rotatable bonds is 4. The molecule has 0 saturated carbocycles. The smallest absolute Gasteiger partial charge is 0.135 e. The summed E-state index contributed by atoms with van der Waals surface area (Å²) in [7, 11) is 0. The van der Waals surface area contributed by atoms with Crippen molar-refractivity contribution < 1.29 is 4.42 Å². The summed E-state index contributed by atoms with van der Waals surface area (Å²) >= 11 is 0. The first-order valence-electron chi connectivity index (χ1n) is 19.7. The second-order valence-corrected chi connectivity index (χ2v) is 15.6. The van der Waals surface area contributed by atoms with E-state index in [9.17, 15) is 0 Å². The van der Waals surface area contributed by atoms with Crippen molar-refractivity contribution in [1.29, 1.82) is 0 Å². The number of para-hydroxylation sites is 1. The van der Waals surface area contributed by atoms with Crippen molar-refractivity contribution in [2.24, 2.45) is 0 Å². The lowest BCUT2D eigenvalue weighted by Crippen LogP contribution is -1.95. The molecule has 1 heterocycles. The van der Waals surface area contributed by atoms with E-state index in [1.165, 1.54) is 104 Å². The SMILES string of the molecule is c1ccc(-c2cc(-c3ccc4oc5ccccc5c4c3)c(-c3ccc4ccc5cccc6ccc3c4c56)cc2-c2ccc3ccc4cccc5ccc2c3c45)cc1. The average molecular weight is 721 g/mol. The molecule has 0 fully saturated rings. The van der Waals surface area contributed by atoms with Gasteiger partial charge in [-0.3, -0.25) is 0 Å². The van der Waals surface area contributed by atoms with Gasteiger partial charge in [0.2, 0.25) is 0 Å². The molecule has 13 aromatic rings. The fourth-order valence-corrected chi connectivity index (χ4v) is 9.97. The zero-order valence-electron chi connectivity index (χ0n) is 30.9. The second-order valence-electron chi connectivity index (χ2n) is 15.6. The third-order valence-corrected chi connectivity index (χ3v) is 12.6. The van der Waals surface area contributed by atoms with Crippen LogP contribution in [0.1, 0.15) is 0 Å². The summed E-state index contributed by atoms with van der Waals surface area (Å²) in [5, 5.41) is 17.7. The van der Waals surface area contributed by atoms with E-state index < -0.39 is 0 Å². The molecule has 0 saturated heterocycles. The van der Waals surface area contributed by atoms with Gasteiger partial charge in [-0.1, -0.05) is 164 Å². The van der Waals surface area contributed by atoms with Gasteiger partial charge in [-0.05, 0) is 139 Å². The maximum absolute atomic E-state index is 6.34. The van der Waals surface area contributed by atoms with Crippen LogP contribution in [-0.2, 0) is 0 Å². The topological polar surface area (TPSA) is 13.1 Å². The van der Waals surface area contributed by atoms with Crippen molar-refractivity contribution >= 4 is 86.6 Å². The molecule has 0 unspecified atom stereocenters. The summed E-state index contributed by atoms with van der Waals surface area (Å²) in [4.78, 5) is 0. The van der Waals surface area contributed by atoms with Crippen LogP contribution < -0.4 is 0 Å². The van der Waals surface area contributed by atoms with Crippen LogP contribution in [-0.4, -0.2) is 0 Å². The maximum atomic E-state index is 6.34. The standard InChI is InChI=1S/C56H32O/c1-2-8-33(9-3-1)46-31-47(40-24-29-52-50(30-40)43-14-4-5-15-51(43)57-52)49(42-26-21-39-19-17-35-11-7-13-37-23-28-45(42)56(39)54(35)37)32-48(46)41-25-20-38-18-16-34-10-6-12-36-22-27-44(41)55(38)53(34)36/h1-32H. The molecular weight excluding hydrogens is 689 g/mol. The molecule has 13 rings (SSSR count). The normalized spacial score (nSPS) is 12.2. The van der Waals surface area contributed by atoms with Crippen molar-refractivity contribution in [3.63, 3.8) is 0 Å². The second kappa shape index (κ2) is 11.5. The summed E-state index contributed by atoms with van der Waals surface area (Å²) in [6.45, 7) is 0. The van der Waals surface area contributed by atoms with Crippen LogP contribution in [0.15, 0.2) is 199 Å². The summed E-state index contributed by atoms with van der Waals surface area (Å²) in [6.07, 6.45) is 0. The Balaban J connectivity index is 1.18. The summed E-state index contributed by atoms with van der Waals surface area (Å²) < 4.78 is 6.34. The van der Waals surface area contributed by atoms with E-state index in [1.54, 1.807) is 0 Å². The van der Waals surface area contributed by atoms with Crippen LogP contribution in [0.25, 0.3) is 131 Å². The van der Waals surface area contributed by atoms with Gasteiger partial charge in [0, 0.05) is 10.8 Å². The Morgan fingerprint density at radius 2 is 0.702 bits per heavy atom. The van der Waals surface area contributed by atoms with E-state index in [1.807, 2.05) is 6.07 Å². The highest BCUT2D eigenvalue weighted by atomic mass is 16.3. The summed E-state index contributed by atoms with van der Waals surface area (Å²) in [6, 6.07) is 72.0. The molecule has 1 heteroatoms. The third kappa shape index (κ3) is 4.40. The molecule has 1 nitrogen and oxygen atoms in total. The number of hydrogen-bond acceptors (Lipinski definition) is 1. The number of furan rings is 1. The van der Waals surface area contributed by atoms with E-state index in [-0.39, 0.29) is 0 Å².